The number of carboxylic acids is 1. The highest BCUT2D eigenvalue weighted by atomic mass is 19.4. The zero-order chi connectivity index (χ0) is 24.3. The molecule has 0 spiro atoms. The second kappa shape index (κ2) is 9.59. The van der Waals surface area contributed by atoms with Crippen LogP contribution >= 0.6 is 0 Å². The summed E-state index contributed by atoms with van der Waals surface area (Å²) in [4.78, 5) is 23.9. The lowest BCUT2D eigenvalue weighted by Gasteiger charge is -2.17. The van der Waals surface area contributed by atoms with E-state index in [4.69, 9.17) is 4.74 Å². The molecule has 1 amide bonds. The molecule has 3 aromatic carbocycles. The quantitative estimate of drug-likeness (QED) is 0.480. The maximum Gasteiger partial charge on any atom is 0.416 e. The number of hydrogen-bond donors (Lipinski definition) is 2. The van der Waals surface area contributed by atoms with Gasteiger partial charge in [-0.1, -0.05) is 60.7 Å². The number of halogens is 3. The topological polar surface area (TPSA) is 75.6 Å². The zero-order valence-corrected chi connectivity index (χ0v) is 18.0. The van der Waals surface area contributed by atoms with Gasteiger partial charge in [0.2, 0.25) is 0 Å². The summed E-state index contributed by atoms with van der Waals surface area (Å²) in [5.41, 5.74) is 3.92. The normalized spacial score (nSPS) is 13.6. The number of nitrogens with one attached hydrogen (secondary N) is 1. The molecule has 0 heterocycles. The number of alkyl carbamates (subject to hydrolysis) is 1. The molecule has 1 aliphatic carbocycles. The van der Waals surface area contributed by atoms with Crippen LogP contribution in [-0.2, 0) is 22.1 Å². The van der Waals surface area contributed by atoms with Gasteiger partial charge in [0.05, 0.1) is 11.5 Å². The molecule has 0 aromatic heterocycles. The van der Waals surface area contributed by atoms with Crippen LogP contribution in [0.4, 0.5) is 18.0 Å². The number of fused-ring (bicyclic) bond motifs is 3. The first-order valence-corrected chi connectivity index (χ1v) is 10.7. The Morgan fingerprint density at radius 1 is 0.912 bits per heavy atom. The van der Waals surface area contributed by atoms with Crippen LogP contribution in [0.25, 0.3) is 11.1 Å². The largest absolute Gasteiger partial charge is 0.481 e. The summed E-state index contributed by atoms with van der Waals surface area (Å²) < 4.78 is 43.5. The van der Waals surface area contributed by atoms with Gasteiger partial charge in [0.1, 0.15) is 6.61 Å². The predicted octanol–water partition coefficient (Wildman–Crippen LogP) is 5.49. The van der Waals surface area contributed by atoms with Gasteiger partial charge in [0.25, 0.3) is 0 Å². The van der Waals surface area contributed by atoms with Crippen molar-refractivity contribution in [3.05, 3.63) is 95.1 Å². The SMILES string of the molecule is O=C(NC[C@@H](Cc1ccc(C(F)(F)F)cc1)C(=O)O)OCC1c2ccccc2-c2ccccc21. The molecule has 0 radical (unpaired) electrons. The second-order valence-corrected chi connectivity index (χ2v) is 8.14. The summed E-state index contributed by atoms with van der Waals surface area (Å²) in [7, 11) is 0. The number of benzene rings is 3. The number of ether oxygens (including phenoxy) is 1. The number of rotatable bonds is 7. The molecule has 4 rings (SSSR count). The van der Waals surface area contributed by atoms with Crippen LogP contribution in [0, 0.1) is 5.92 Å². The third-order valence-corrected chi connectivity index (χ3v) is 5.95. The Kier molecular flexibility index (Phi) is 6.58. The van der Waals surface area contributed by atoms with Crippen molar-refractivity contribution in [3.8, 4) is 11.1 Å². The third-order valence-electron chi connectivity index (χ3n) is 5.95. The molecule has 0 fully saturated rings. The van der Waals surface area contributed by atoms with Gasteiger partial charge in [-0.3, -0.25) is 4.79 Å². The molecule has 3 aromatic rings. The van der Waals surface area contributed by atoms with Gasteiger partial charge in [-0.25, -0.2) is 4.79 Å². The van der Waals surface area contributed by atoms with E-state index in [1.807, 2.05) is 48.5 Å². The number of alkyl halides is 3. The molecular weight excluding hydrogens is 447 g/mol. The van der Waals surface area contributed by atoms with E-state index in [0.29, 0.717) is 5.56 Å². The van der Waals surface area contributed by atoms with Crippen molar-refractivity contribution >= 4 is 12.1 Å². The van der Waals surface area contributed by atoms with Gasteiger partial charge in [-0.05, 0) is 46.4 Å². The van der Waals surface area contributed by atoms with Crippen LogP contribution in [-0.4, -0.2) is 30.3 Å². The molecule has 34 heavy (non-hydrogen) atoms. The van der Waals surface area contributed by atoms with Crippen molar-refractivity contribution in [3.63, 3.8) is 0 Å². The van der Waals surface area contributed by atoms with Gasteiger partial charge >= 0.3 is 18.2 Å². The van der Waals surface area contributed by atoms with Crippen molar-refractivity contribution in [1.29, 1.82) is 0 Å². The van der Waals surface area contributed by atoms with Gasteiger partial charge < -0.3 is 15.2 Å². The van der Waals surface area contributed by atoms with E-state index in [0.717, 1.165) is 34.4 Å². The average molecular weight is 469 g/mol. The number of carbonyl (C=O) groups excluding carboxylic acids is 1. The van der Waals surface area contributed by atoms with E-state index < -0.39 is 29.7 Å². The molecule has 0 unspecified atom stereocenters. The Morgan fingerprint density at radius 3 is 2.00 bits per heavy atom. The number of carbonyl (C=O) groups is 2. The monoisotopic (exact) mass is 469 g/mol. The smallest absolute Gasteiger partial charge is 0.416 e. The van der Waals surface area contributed by atoms with Crippen LogP contribution in [0.5, 0.6) is 0 Å². The van der Waals surface area contributed by atoms with Gasteiger partial charge in [-0.2, -0.15) is 13.2 Å². The lowest BCUT2D eigenvalue weighted by atomic mass is 9.98. The first-order chi connectivity index (χ1) is 16.2. The lowest BCUT2D eigenvalue weighted by molar-refractivity contribution is -0.141. The standard InChI is InChI=1S/C26H22F3NO4/c27-26(28,29)18-11-9-16(10-12-18)13-17(24(31)32)14-30-25(33)34-15-23-21-7-3-1-5-19(21)20-6-2-4-8-22(20)23/h1-12,17,23H,13-15H2,(H,30,33)(H,31,32)/t17-/m1/s1. The molecule has 1 atom stereocenters. The summed E-state index contributed by atoms with van der Waals surface area (Å²) in [5.74, 6) is -2.31. The predicted molar refractivity (Wildman–Crippen MR) is 119 cm³/mol. The molecule has 0 saturated heterocycles. The molecule has 176 valence electrons. The number of aliphatic carboxylic acids is 1. The maximum atomic E-state index is 12.7. The number of amides is 1. The lowest BCUT2D eigenvalue weighted by Crippen LogP contribution is -2.35. The van der Waals surface area contributed by atoms with E-state index >= 15 is 0 Å². The maximum absolute atomic E-state index is 12.7. The summed E-state index contributed by atoms with van der Waals surface area (Å²) >= 11 is 0. The van der Waals surface area contributed by atoms with Crippen molar-refractivity contribution in [2.24, 2.45) is 5.92 Å². The van der Waals surface area contributed by atoms with E-state index in [1.54, 1.807) is 0 Å². The van der Waals surface area contributed by atoms with Crippen molar-refractivity contribution in [2.75, 3.05) is 13.2 Å². The number of hydrogen-bond acceptors (Lipinski definition) is 3. The Labute approximate surface area is 194 Å². The number of carboxylic acid groups (broad SMARTS) is 1. The highest BCUT2D eigenvalue weighted by Gasteiger charge is 2.31. The second-order valence-electron chi connectivity index (χ2n) is 8.14. The highest BCUT2D eigenvalue weighted by molar-refractivity contribution is 5.79. The minimum Gasteiger partial charge on any atom is -0.481 e. The van der Waals surface area contributed by atoms with Crippen LogP contribution in [0.1, 0.15) is 28.2 Å². The highest BCUT2D eigenvalue weighted by Crippen LogP contribution is 2.44. The van der Waals surface area contributed by atoms with Crippen molar-refractivity contribution in [1.82, 2.24) is 5.32 Å². The van der Waals surface area contributed by atoms with Gasteiger partial charge in [0.15, 0.2) is 0 Å². The fraction of sp³-hybridized carbons (Fsp3) is 0.231. The van der Waals surface area contributed by atoms with Crippen LogP contribution < -0.4 is 5.32 Å². The van der Waals surface area contributed by atoms with E-state index in [9.17, 15) is 27.9 Å². The molecule has 0 saturated carbocycles. The summed E-state index contributed by atoms with van der Waals surface area (Å²) in [6, 6.07) is 20.1. The Balaban J connectivity index is 1.34. The van der Waals surface area contributed by atoms with Crippen LogP contribution in [0.3, 0.4) is 0 Å². The first kappa shape index (κ1) is 23.4. The third kappa shape index (κ3) is 5.06. The molecule has 5 nitrogen and oxygen atoms in total. The fourth-order valence-corrected chi connectivity index (χ4v) is 4.22. The minimum atomic E-state index is -4.46. The van der Waals surface area contributed by atoms with Crippen molar-refractivity contribution < 1.29 is 32.6 Å². The molecule has 8 heteroatoms. The van der Waals surface area contributed by atoms with Gasteiger partial charge in [-0.15, -0.1) is 0 Å². The van der Waals surface area contributed by atoms with Crippen molar-refractivity contribution in [2.45, 2.75) is 18.5 Å². The average Bonchev–Trinajstić information content (AvgIpc) is 3.13. The molecule has 0 bridgehead atoms. The van der Waals surface area contributed by atoms with E-state index in [-0.39, 0.29) is 25.5 Å². The van der Waals surface area contributed by atoms with Crippen LogP contribution in [0.2, 0.25) is 0 Å². The minimum absolute atomic E-state index is 0.0306. The first-order valence-electron chi connectivity index (χ1n) is 10.7. The Hall–Kier alpha value is -3.81. The Bertz CT molecular complexity index is 1150. The molecule has 0 aliphatic heterocycles. The molecule has 1 aliphatic rings. The van der Waals surface area contributed by atoms with Gasteiger partial charge in [0, 0.05) is 12.5 Å². The molecule has 2 N–H and O–H groups in total. The molecular formula is C26H22F3NO4. The van der Waals surface area contributed by atoms with E-state index in [1.165, 1.54) is 12.1 Å². The van der Waals surface area contributed by atoms with E-state index in [2.05, 4.69) is 5.32 Å². The summed E-state index contributed by atoms with van der Waals surface area (Å²) in [6.07, 6.45) is -5.24. The fourth-order valence-electron chi connectivity index (χ4n) is 4.22. The summed E-state index contributed by atoms with van der Waals surface area (Å²) in [6.45, 7) is -0.121. The van der Waals surface area contributed by atoms with Crippen LogP contribution in [0.15, 0.2) is 72.8 Å². The zero-order valence-electron chi connectivity index (χ0n) is 18.0. The summed E-state index contributed by atoms with van der Waals surface area (Å²) in [5, 5.41) is 12.0. The Morgan fingerprint density at radius 2 is 1.47 bits per heavy atom.